The summed E-state index contributed by atoms with van der Waals surface area (Å²) in [6.45, 7) is 4.17. The van der Waals surface area contributed by atoms with Crippen LogP contribution in [0.5, 0.6) is 0 Å². The van der Waals surface area contributed by atoms with Gasteiger partial charge in [0.2, 0.25) is 11.9 Å². The van der Waals surface area contributed by atoms with Gasteiger partial charge in [-0.15, -0.1) is 0 Å². The molecule has 3 rings (SSSR count). The summed E-state index contributed by atoms with van der Waals surface area (Å²) in [7, 11) is 1.99. The van der Waals surface area contributed by atoms with Crippen LogP contribution in [0.4, 0.5) is 11.8 Å². The van der Waals surface area contributed by atoms with Gasteiger partial charge >= 0.3 is 0 Å². The van der Waals surface area contributed by atoms with Gasteiger partial charge in [-0.05, 0) is 19.3 Å². The molecule has 8 heteroatoms. The van der Waals surface area contributed by atoms with E-state index in [1.165, 1.54) is 0 Å². The Labute approximate surface area is 154 Å². The van der Waals surface area contributed by atoms with E-state index in [0.717, 1.165) is 50.5 Å². The Morgan fingerprint density at radius 1 is 1.42 bits per heavy atom. The first-order valence-electron chi connectivity index (χ1n) is 9.47. The molecular formula is C18H29N5O3. The number of anilines is 2. The Morgan fingerprint density at radius 3 is 3.04 bits per heavy atom. The van der Waals surface area contributed by atoms with Crippen LogP contribution >= 0.6 is 0 Å². The van der Waals surface area contributed by atoms with Crippen molar-refractivity contribution in [1.29, 1.82) is 0 Å². The van der Waals surface area contributed by atoms with E-state index in [-0.39, 0.29) is 18.4 Å². The van der Waals surface area contributed by atoms with Crippen molar-refractivity contribution >= 4 is 17.7 Å². The highest BCUT2D eigenvalue weighted by Gasteiger charge is 2.22. The molecule has 0 bridgehead atoms. The highest BCUT2D eigenvalue weighted by molar-refractivity contribution is 5.76. The van der Waals surface area contributed by atoms with Gasteiger partial charge in [-0.2, -0.15) is 4.98 Å². The van der Waals surface area contributed by atoms with Crippen LogP contribution in [-0.4, -0.2) is 78.9 Å². The third-order valence-electron chi connectivity index (χ3n) is 4.99. The summed E-state index contributed by atoms with van der Waals surface area (Å²) in [5.74, 6) is 1.89. The second kappa shape index (κ2) is 9.14. The lowest BCUT2D eigenvalue weighted by Crippen LogP contribution is -2.40. The van der Waals surface area contributed by atoms with Crippen LogP contribution in [0.3, 0.4) is 0 Å². The Kier molecular flexibility index (Phi) is 6.62. The predicted molar refractivity (Wildman–Crippen MR) is 99.5 cm³/mol. The van der Waals surface area contributed by atoms with E-state index in [4.69, 9.17) is 9.84 Å². The lowest BCUT2D eigenvalue weighted by molar-refractivity contribution is -0.133. The van der Waals surface area contributed by atoms with Crippen LogP contribution in [0.15, 0.2) is 6.07 Å². The van der Waals surface area contributed by atoms with Crippen molar-refractivity contribution in [1.82, 2.24) is 14.9 Å². The number of likely N-dealkylation sites (tertiary alicyclic amines) is 1. The lowest BCUT2D eigenvalue weighted by atomic mass is 10.0. The fourth-order valence-electron chi connectivity index (χ4n) is 3.36. The summed E-state index contributed by atoms with van der Waals surface area (Å²) >= 11 is 0. The second-order valence-corrected chi connectivity index (χ2v) is 6.94. The highest BCUT2D eigenvalue weighted by Crippen LogP contribution is 2.27. The van der Waals surface area contributed by atoms with E-state index in [2.05, 4.69) is 20.2 Å². The van der Waals surface area contributed by atoms with Gasteiger partial charge in [0, 0.05) is 58.2 Å². The van der Waals surface area contributed by atoms with Gasteiger partial charge in [0.05, 0.1) is 18.9 Å². The Morgan fingerprint density at radius 2 is 2.31 bits per heavy atom. The quantitative estimate of drug-likeness (QED) is 0.707. The molecule has 0 aromatic carbocycles. The number of aromatic nitrogens is 2. The molecule has 1 amide bonds. The lowest BCUT2D eigenvalue weighted by Gasteiger charge is -2.29. The minimum atomic E-state index is 0.0301. The normalized spacial score (nSPS) is 20.5. The van der Waals surface area contributed by atoms with Gasteiger partial charge in [-0.1, -0.05) is 0 Å². The van der Waals surface area contributed by atoms with Crippen molar-refractivity contribution in [3.05, 3.63) is 11.8 Å². The van der Waals surface area contributed by atoms with Crippen LogP contribution in [0, 0.1) is 0 Å². The summed E-state index contributed by atoms with van der Waals surface area (Å²) in [5.41, 5.74) is 0.967. The van der Waals surface area contributed by atoms with Crippen LogP contribution in [0.2, 0.25) is 0 Å². The van der Waals surface area contributed by atoms with E-state index in [0.29, 0.717) is 32.1 Å². The summed E-state index contributed by atoms with van der Waals surface area (Å²) in [6, 6.07) is 2.02. The summed E-state index contributed by atoms with van der Waals surface area (Å²) in [5, 5.41) is 12.1. The number of carbonyl (C=O) groups is 1. The van der Waals surface area contributed by atoms with Crippen molar-refractivity contribution in [2.45, 2.75) is 31.6 Å². The van der Waals surface area contributed by atoms with E-state index >= 15 is 0 Å². The fourth-order valence-corrected chi connectivity index (χ4v) is 3.36. The van der Waals surface area contributed by atoms with E-state index in [9.17, 15) is 4.79 Å². The number of amides is 1. The average Bonchev–Trinajstić information content (AvgIpc) is 3.20. The van der Waals surface area contributed by atoms with Crippen molar-refractivity contribution < 1.29 is 14.6 Å². The molecule has 0 saturated carbocycles. The van der Waals surface area contributed by atoms with Gasteiger partial charge < -0.3 is 25.0 Å². The fraction of sp³-hybridized carbons (Fsp3) is 0.722. The van der Waals surface area contributed by atoms with Gasteiger partial charge in [-0.3, -0.25) is 4.79 Å². The first-order valence-corrected chi connectivity index (χ1v) is 9.47. The molecule has 3 heterocycles. The number of carbonyl (C=O) groups excluding carboxylic acids is 1. The minimum Gasteiger partial charge on any atom is -0.395 e. The number of likely N-dealkylation sites (N-methyl/N-ethyl adjacent to an activating group) is 1. The summed E-state index contributed by atoms with van der Waals surface area (Å²) in [6.07, 6.45) is 3.72. The van der Waals surface area contributed by atoms with Gasteiger partial charge in [0.1, 0.15) is 5.82 Å². The largest absolute Gasteiger partial charge is 0.395 e. The van der Waals surface area contributed by atoms with Crippen LogP contribution in [0.1, 0.15) is 37.3 Å². The maximum atomic E-state index is 12.0. The maximum Gasteiger partial charge on any atom is 0.224 e. The Bertz CT molecular complexity index is 606. The summed E-state index contributed by atoms with van der Waals surface area (Å²) < 4.78 is 5.49. The number of piperidine rings is 1. The van der Waals surface area contributed by atoms with Crippen molar-refractivity contribution in [2.75, 3.05) is 63.3 Å². The molecule has 2 aliphatic rings. The molecule has 1 atom stereocenters. The average molecular weight is 363 g/mol. The summed E-state index contributed by atoms with van der Waals surface area (Å²) in [4.78, 5) is 25.1. The van der Waals surface area contributed by atoms with E-state index < -0.39 is 0 Å². The number of aliphatic hydroxyl groups excluding tert-OH is 1. The molecule has 0 aliphatic carbocycles. The van der Waals surface area contributed by atoms with Crippen LogP contribution in [0.25, 0.3) is 0 Å². The molecule has 1 aromatic rings. The van der Waals surface area contributed by atoms with Crippen molar-refractivity contribution in [2.24, 2.45) is 0 Å². The third kappa shape index (κ3) is 4.82. The molecule has 0 radical (unpaired) electrons. The maximum absolute atomic E-state index is 12.0. The van der Waals surface area contributed by atoms with Crippen LogP contribution < -0.4 is 10.2 Å². The van der Waals surface area contributed by atoms with Crippen molar-refractivity contribution in [3.63, 3.8) is 0 Å². The monoisotopic (exact) mass is 363 g/mol. The standard InChI is InChI=1S/C18H29N5O3/c1-22(8-9-23-7-3-2-4-17(23)25)16-12-15(14-5-11-26-13-14)20-18(21-16)19-6-10-24/h12,14,24H,2-11,13H2,1H3,(H,19,20,21)/t14-/m0/s1. The molecule has 144 valence electrons. The SMILES string of the molecule is CN(CCN1CCCCC1=O)c1cc([C@H]2CCOC2)nc(NCCO)n1. The Hall–Kier alpha value is -1.93. The molecule has 1 aromatic heterocycles. The number of hydrogen-bond acceptors (Lipinski definition) is 7. The molecule has 0 unspecified atom stereocenters. The van der Waals surface area contributed by atoms with Crippen LogP contribution in [-0.2, 0) is 9.53 Å². The molecule has 2 aliphatic heterocycles. The zero-order chi connectivity index (χ0) is 18.4. The number of nitrogens with one attached hydrogen (secondary N) is 1. The Balaban J connectivity index is 1.69. The molecule has 2 N–H and O–H groups in total. The first-order chi connectivity index (χ1) is 12.7. The number of aliphatic hydroxyl groups is 1. The van der Waals surface area contributed by atoms with Crippen molar-refractivity contribution in [3.8, 4) is 0 Å². The van der Waals surface area contributed by atoms with E-state index in [1.54, 1.807) is 0 Å². The highest BCUT2D eigenvalue weighted by atomic mass is 16.5. The number of hydrogen-bond donors (Lipinski definition) is 2. The van der Waals surface area contributed by atoms with Gasteiger partial charge in [-0.25, -0.2) is 4.98 Å². The van der Waals surface area contributed by atoms with Gasteiger partial charge in [0.25, 0.3) is 0 Å². The molecular weight excluding hydrogens is 334 g/mol. The number of ether oxygens (including phenoxy) is 1. The second-order valence-electron chi connectivity index (χ2n) is 6.94. The zero-order valence-electron chi connectivity index (χ0n) is 15.5. The molecule has 8 nitrogen and oxygen atoms in total. The molecule has 26 heavy (non-hydrogen) atoms. The first kappa shape index (κ1) is 18.8. The predicted octanol–water partition coefficient (Wildman–Crippen LogP) is 0.833. The topological polar surface area (TPSA) is 90.8 Å². The molecule has 2 fully saturated rings. The molecule has 0 spiro atoms. The molecule has 2 saturated heterocycles. The number of nitrogens with zero attached hydrogens (tertiary/aromatic N) is 4. The zero-order valence-corrected chi connectivity index (χ0v) is 15.5. The van der Waals surface area contributed by atoms with Gasteiger partial charge in [0.15, 0.2) is 0 Å². The smallest absolute Gasteiger partial charge is 0.224 e. The number of rotatable bonds is 8. The third-order valence-corrected chi connectivity index (χ3v) is 4.99. The van der Waals surface area contributed by atoms with E-state index in [1.807, 2.05) is 18.0 Å². The minimum absolute atomic E-state index is 0.0301.